The minimum atomic E-state index is -0.109. The lowest BCUT2D eigenvalue weighted by Crippen LogP contribution is -2.03. The Kier molecular flexibility index (Phi) is 10.7. The highest BCUT2D eigenvalue weighted by molar-refractivity contribution is 5.72. The minimum absolute atomic E-state index is 0.109. The molecule has 2 rings (SSSR count). The third-order valence-electron chi connectivity index (χ3n) is 4.31. The van der Waals surface area contributed by atoms with Crippen LogP contribution in [0.2, 0.25) is 0 Å². The first kappa shape index (κ1) is 24.0. The van der Waals surface area contributed by atoms with Gasteiger partial charge in [0.05, 0.1) is 13.2 Å². The largest absolute Gasteiger partial charge is 0.495 e. The maximum Gasteiger partial charge on any atom is 0.169 e. The van der Waals surface area contributed by atoms with E-state index in [1.165, 1.54) is 12.5 Å². The summed E-state index contributed by atoms with van der Waals surface area (Å²) < 4.78 is 17.3. The summed E-state index contributed by atoms with van der Waals surface area (Å²) in [4.78, 5) is 0. The van der Waals surface area contributed by atoms with Gasteiger partial charge in [-0.2, -0.15) is 0 Å². The molecule has 0 atom stereocenters. The van der Waals surface area contributed by atoms with Crippen LogP contribution in [0.3, 0.4) is 0 Å². The number of ether oxygens (including phenoxy) is 3. The van der Waals surface area contributed by atoms with E-state index >= 15 is 0 Å². The van der Waals surface area contributed by atoms with Crippen LogP contribution >= 0.6 is 0 Å². The quantitative estimate of drug-likeness (QED) is 0.267. The first-order valence-electron chi connectivity index (χ1n) is 10.2. The van der Waals surface area contributed by atoms with Crippen molar-refractivity contribution < 1.29 is 24.4 Å². The Hall–Kier alpha value is -3.28. The second-order valence-electron chi connectivity index (χ2n) is 6.55. The fourth-order valence-corrected chi connectivity index (χ4v) is 2.97. The van der Waals surface area contributed by atoms with Gasteiger partial charge in [-0.1, -0.05) is 60.7 Å². The average Bonchev–Trinajstić information content (AvgIpc) is 2.79. The molecule has 0 amide bonds. The molecule has 0 aliphatic heterocycles. The van der Waals surface area contributed by atoms with Gasteiger partial charge in [-0.05, 0) is 24.0 Å². The zero-order chi connectivity index (χ0) is 22.3. The average molecular weight is 423 g/mol. The summed E-state index contributed by atoms with van der Waals surface area (Å²) in [5, 5.41) is 18.2. The highest BCUT2D eigenvalue weighted by atomic mass is 16.5. The molecular weight excluding hydrogens is 392 g/mol. The first-order chi connectivity index (χ1) is 15.2. The van der Waals surface area contributed by atoms with Crippen LogP contribution in [0.4, 0.5) is 0 Å². The van der Waals surface area contributed by atoms with Crippen molar-refractivity contribution in [2.75, 3.05) is 26.4 Å². The zero-order valence-electron chi connectivity index (χ0n) is 17.7. The lowest BCUT2D eigenvalue weighted by Gasteiger charge is -2.18. The second-order valence-corrected chi connectivity index (χ2v) is 6.55. The third-order valence-corrected chi connectivity index (χ3v) is 4.31. The Bertz CT molecular complexity index is 825. The van der Waals surface area contributed by atoms with Gasteiger partial charge in [-0.25, -0.2) is 0 Å². The topological polar surface area (TPSA) is 68.2 Å². The molecule has 0 fully saturated rings. The van der Waals surface area contributed by atoms with Crippen LogP contribution in [0, 0.1) is 0 Å². The standard InChI is InChI=1S/C26H30O5/c1-3-9-21-11-5-7-13-23(21)25(19-29-17-15-27)31-26(20-30-18-16-28)24-14-8-6-12-22(24)10-4-2/h3-8,11-14,19-20,27-28H,1-2,9-10,15-18H2. The molecule has 0 aromatic heterocycles. The van der Waals surface area contributed by atoms with E-state index < -0.39 is 0 Å². The molecule has 0 aliphatic rings. The van der Waals surface area contributed by atoms with Gasteiger partial charge in [0.15, 0.2) is 11.5 Å². The van der Waals surface area contributed by atoms with Gasteiger partial charge in [-0.3, -0.25) is 0 Å². The molecule has 0 bridgehead atoms. The summed E-state index contributed by atoms with van der Waals surface area (Å²) >= 11 is 0. The summed E-state index contributed by atoms with van der Waals surface area (Å²) in [6.07, 6.45) is 7.95. The van der Waals surface area contributed by atoms with Crippen LogP contribution in [-0.4, -0.2) is 36.6 Å². The predicted molar refractivity (Wildman–Crippen MR) is 124 cm³/mol. The molecule has 0 aliphatic carbocycles. The van der Waals surface area contributed by atoms with Crippen LogP contribution in [0.15, 0.2) is 86.4 Å². The summed E-state index contributed by atoms with van der Waals surface area (Å²) in [5.74, 6) is 0.941. The van der Waals surface area contributed by atoms with E-state index in [0.29, 0.717) is 24.4 Å². The summed E-state index contributed by atoms with van der Waals surface area (Å²) in [6, 6.07) is 15.6. The summed E-state index contributed by atoms with van der Waals surface area (Å²) in [5.41, 5.74) is 3.72. The van der Waals surface area contributed by atoms with E-state index in [2.05, 4.69) is 13.2 Å². The molecule has 0 saturated carbocycles. The fourth-order valence-electron chi connectivity index (χ4n) is 2.97. The molecule has 31 heavy (non-hydrogen) atoms. The third kappa shape index (κ3) is 7.48. The van der Waals surface area contributed by atoms with Crippen molar-refractivity contribution in [2.45, 2.75) is 12.8 Å². The fraction of sp³-hybridized carbons (Fsp3) is 0.231. The molecule has 0 saturated heterocycles. The molecule has 0 unspecified atom stereocenters. The maximum atomic E-state index is 9.11. The number of allylic oxidation sites excluding steroid dienone is 2. The maximum absolute atomic E-state index is 9.11. The first-order valence-corrected chi connectivity index (χ1v) is 10.2. The van der Waals surface area contributed by atoms with Crippen molar-refractivity contribution in [3.05, 3.63) is 109 Å². The van der Waals surface area contributed by atoms with Crippen LogP contribution < -0.4 is 0 Å². The number of hydrogen-bond acceptors (Lipinski definition) is 5. The van der Waals surface area contributed by atoms with Gasteiger partial charge in [0.2, 0.25) is 0 Å². The molecule has 2 N–H and O–H groups in total. The number of rotatable bonds is 14. The monoisotopic (exact) mass is 422 g/mol. The molecule has 2 aromatic rings. The van der Waals surface area contributed by atoms with Gasteiger partial charge >= 0.3 is 0 Å². The number of benzene rings is 2. The molecule has 0 radical (unpaired) electrons. The Morgan fingerprint density at radius 3 is 1.52 bits per heavy atom. The van der Waals surface area contributed by atoms with Crippen LogP contribution in [-0.2, 0) is 27.1 Å². The van der Waals surface area contributed by atoms with E-state index in [9.17, 15) is 0 Å². The van der Waals surface area contributed by atoms with Crippen molar-refractivity contribution >= 4 is 11.5 Å². The Labute approximate surface area is 184 Å². The van der Waals surface area contributed by atoms with Crippen molar-refractivity contribution in [2.24, 2.45) is 0 Å². The highest BCUT2D eigenvalue weighted by Crippen LogP contribution is 2.30. The van der Waals surface area contributed by atoms with E-state index in [1.54, 1.807) is 0 Å². The lowest BCUT2D eigenvalue weighted by molar-refractivity contribution is 0.160. The van der Waals surface area contributed by atoms with Gasteiger partial charge < -0.3 is 24.4 Å². The van der Waals surface area contributed by atoms with E-state index in [4.69, 9.17) is 24.4 Å². The number of aliphatic hydroxyl groups excluding tert-OH is 2. The van der Waals surface area contributed by atoms with Gasteiger partial charge in [0.1, 0.15) is 25.7 Å². The molecule has 164 valence electrons. The lowest BCUT2D eigenvalue weighted by atomic mass is 10.0. The summed E-state index contributed by atoms with van der Waals surface area (Å²) in [7, 11) is 0. The van der Waals surface area contributed by atoms with Gasteiger partial charge in [-0.15, -0.1) is 13.2 Å². The number of hydrogen-bond donors (Lipinski definition) is 2. The smallest absolute Gasteiger partial charge is 0.169 e. The van der Waals surface area contributed by atoms with Crippen molar-refractivity contribution in [1.29, 1.82) is 0 Å². The van der Waals surface area contributed by atoms with Crippen molar-refractivity contribution in [3.63, 3.8) is 0 Å². The van der Waals surface area contributed by atoms with Gasteiger partial charge in [0.25, 0.3) is 0 Å². The molecule has 2 aromatic carbocycles. The SMILES string of the molecule is C=CCc1ccccc1C(=COCCO)OC(=COCCO)c1ccccc1CC=C. The van der Waals surface area contributed by atoms with E-state index in [-0.39, 0.29) is 26.4 Å². The predicted octanol–water partition coefficient (Wildman–Crippen LogP) is 4.48. The van der Waals surface area contributed by atoms with Crippen LogP contribution in [0.25, 0.3) is 11.5 Å². The molecular formula is C26H30O5. The molecule has 0 heterocycles. The second kappa shape index (κ2) is 13.9. The Balaban J connectivity index is 2.50. The highest BCUT2D eigenvalue weighted by Gasteiger charge is 2.15. The number of aliphatic hydroxyl groups is 2. The van der Waals surface area contributed by atoms with Gasteiger partial charge in [0, 0.05) is 11.1 Å². The summed E-state index contributed by atoms with van der Waals surface area (Å²) in [6.45, 7) is 7.73. The minimum Gasteiger partial charge on any atom is -0.495 e. The van der Waals surface area contributed by atoms with Crippen LogP contribution in [0.1, 0.15) is 22.3 Å². The molecule has 5 heteroatoms. The van der Waals surface area contributed by atoms with Crippen LogP contribution in [0.5, 0.6) is 0 Å². The van der Waals surface area contributed by atoms with Crippen molar-refractivity contribution in [3.8, 4) is 0 Å². The zero-order valence-corrected chi connectivity index (χ0v) is 17.7. The molecule has 0 spiro atoms. The normalized spacial score (nSPS) is 11.7. The van der Waals surface area contributed by atoms with E-state index in [1.807, 2.05) is 60.7 Å². The Morgan fingerprint density at radius 2 is 1.13 bits per heavy atom. The Morgan fingerprint density at radius 1 is 0.710 bits per heavy atom. The molecule has 5 nitrogen and oxygen atoms in total. The van der Waals surface area contributed by atoms with E-state index in [0.717, 1.165) is 22.3 Å². The van der Waals surface area contributed by atoms with Crippen molar-refractivity contribution in [1.82, 2.24) is 0 Å².